The zero-order valence-corrected chi connectivity index (χ0v) is 13.1. The van der Waals surface area contributed by atoms with E-state index < -0.39 is 0 Å². The minimum atomic E-state index is -0.0799. The molecule has 0 amide bonds. The summed E-state index contributed by atoms with van der Waals surface area (Å²) in [6, 6.07) is 6.54. The third-order valence-electron chi connectivity index (χ3n) is 4.91. The lowest BCUT2D eigenvalue weighted by Crippen LogP contribution is -2.50. The van der Waals surface area contributed by atoms with Gasteiger partial charge in [-0.2, -0.15) is 0 Å². The summed E-state index contributed by atoms with van der Waals surface area (Å²) in [5.41, 5.74) is 1.80. The summed E-state index contributed by atoms with van der Waals surface area (Å²) in [7, 11) is 0. The van der Waals surface area contributed by atoms with E-state index in [2.05, 4.69) is 35.0 Å². The van der Waals surface area contributed by atoms with Crippen molar-refractivity contribution < 1.29 is 4.39 Å². The molecule has 3 rings (SSSR count). The summed E-state index contributed by atoms with van der Waals surface area (Å²) in [5.74, 6) is -0.0799. The van der Waals surface area contributed by atoms with Crippen LogP contribution >= 0.6 is 0 Å². The van der Waals surface area contributed by atoms with E-state index in [4.69, 9.17) is 0 Å². The molecular weight excluding hydrogens is 265 g/mol. The number of nitrogens with one attached hydrogen (secondary N) is 1. The van der Waals surface area contributed by atoms with Crippen molar-refractivity contribution in [3.63, 3.8) is 0 Å². The van der Waals surface area contributed by atoms with Crippen molar-refractivity contribution in [1.82, 2.24) is 10.2 Å². The highest BCUT2D eigenvalue weighted by molar-refractivity contribution is 5.50. The highest BCUT2D eigenvalue weighted by Crippen LogP contribution is 2.28. The number of hydrogen-bond acceptors (Lipinski definition) is 3. The average molecular weight is 291 g/mol. The Morgan fingerprint density at radius 3 is 2.95 bits per heavy atom. The highest BCUT2D eigenvalue weighted by atomic mass is 19.1. The van der Waals surface area contributed by atoms with Crippen LogP contribution in [0.25, 0.3) is 0 Å². The molecule has 0 aromatic heterocycles. The third kappa shape index (κ3) is 3.06. The molecule has 2 aliphatic heterocycles. The van der Waals surface area contributed by atoms with Gasteiger partial charge in [0, 0.05) is 31.7 Å². The second kappa shape index (κ2) is 6.32. The number of halogens is 1. The van der Waals surface area contributed by atoms with Gasteiger partial charge in [0.2, 0.25) is 0 Å². The fourth-order valence-electron chi connectivity index (χ4n) is 3.68. The van der Waals surface area contributed by atoms with Crippen LogP contribution in [0.15, 0.2) is 18.2 Å². The van der Waals surface area contributed by atoms with Crippen molar-refractivity contribution >= 4 is 5.69 Å². The van der Waals surface area contributed by atoms with Crippen LogP contribution in [0.2, 0.25) is 0 Å². The quantitative estimate of drug-likeness (QED) is 0.920. The average Bonchev–Trinajstić information content (AvgIpc) is 2.94. The first kappa shape index (κ1) is 14.8. The molecule has 2 heterocycles. The number of nitrogens with zero attached hydrogens (tertiary/aromatic N) is 2. The Morgan fingerprint density at radius 2 is 2.19 bits per heavy atom. The summed E-state index contributed by atoms with van der Waals surface area (Å²) in [5, 5.41) is 3.33. The molecular formula is C17H26FN3. The van der Waals surface area contributed by atoms with Gasteiger partial charge in [-0.3, -0.25) is 4.90 Å². The number of fused-ring (bicyclic) bond motifs is 1. The van der Waals surface area contributed by atoms with Crippen molar-refractivity contribution in [3.8, 4) is 0 Å². The van der Waals surface area contributed by atoms with Crippen LogP contribution in [0.1, 0.15) is 38.3 Å². The molecule has 0 bridgehead atoms. The molecule has 3 nitrogen and oxygen atoms in total. The predicted molar refractivity (Wildman–Crippen MR) is 85.3 cm³/mol. The van der Waals surface area contributed by atoms with E-state index in [9.17, 15) is 4.39 Å². The normalized spacial score (nSPS) is 24.1. The molecule has 21 heavy (non-hydrogen) atoms. The summed E-state index contributed by atoms with van der Waals surface area (Å²) in [4.78, 5) is 4.78. The maximum Gasteiger partial charge on any atom is 0.146 e. The SMILES string of the molecule is CCNC(C)c1ccc(N2CCN3CCCC3C2)c(F)c1. The van der Waals surface area contributed by atoms with E-state index in [-0.39, 0.29) is 11.9 Å². The van der Waals surface area contributed by atoms with Crippen molar-refractivity contribution in [1.29, 1.82) is 0 Å². The Labute approximate surface area is 127 Å². The number of rotatable bonds is 4. The maximum absolute atomic E-state index is 14.5. The molecule has 2 saturated heterocycles. The zero-order valence-electron chi connectivity index (χ0n) is 13.1. The Bertz CT molecular complexity index is 491. The van der Waals surface area contributed by atoms with Crippen LogP contribution in [-0.4, -0.2) is 43.7 Å². The number of piperazine rings is 1. The van der Waals surface area contributed by atoms with Gasteiger partial charge in [0.05, 0.1) is 5.69 Å². The van der Waals surface area contributed by atoms with Crippen LogP contribution in [0.3, 0.4) is 0 Å². The van der Waals surface area contributed by atoms with Gasteiger partial charge in [-0.1, -0.05) is 13.0 Å². The van der Waals surface area contributed by atoms with Gasteiger partial charge in [0.15, 0.2) is 0 Å². The van der Waals surface area contributed by atoms with E-state index in [0.717, 1.165) is 37.4 Å². The second-order valence-corrected chi connectivity index (χ2v) is 6.27. The van der Waals surface area contributed by atoms with Gasteiger partial charge in [-0.25, -0.2) is 4.39 Å². The fraction of sp³-hybridized carbons (Fsp3) is 0.647. The maximum atomic E-state index is 14.5. The van der Waals surface area contributed by atoms with Crippen molar-refractivity contribution in [2.24, 2.45) is 0 Å². The number of anilines is 1. The summed E-state index contributed by atoms with van der Waals surface area (Å²) < 4.78 is 14.5. The summed E-state index contributed by atoms with van der Waals surface area (Å²) in [6.45, 7) is 9.25. The summed E-state index contributed by atoms with van der Waals surface area (Å²) in [6.07, 6.45) is 2.55. The Morgan fingerprint density at radius 1 is 1.33 bits per heavy atom. The number of hydrogen-bond donors (Lipinski definition) is 1. The van der Waals surface area contributed by atoms with Gasteiger partial charge in [-0.05, 0) is 50.6 Å². The van der Waals surface area contributed by atoms with E-state index in [1.165, 1.54) is 19.4 Å². The molecule has 0 aliphatic carbocycles. The van der Waals surface area contributed by atoms with E-state index in [1.807, 2.05) is 6.07 Å². The summed E-state index contributed by atoms with van der Waals surface area (Å²) >= 11 is 0. The minimum Gasteiger partial charge on any atom is -0.366 e. The molecule has 2 fully saturated rings. The van der Waals surface area contributed by atoms with E-state index in [0.29, 0.717) is 6.04 Å². The lowest BCUT2D eigenvalue weighted by molar-refractivity contribution is 0.230. The van der Waals surface area contributed by atoms with E-state index >= 15 is 0 Å². The molecule has 1 aromatic rings. The Kier molecular flexibility index (Phi) is 4.45. The van der Waals surface area contributed by atoms with Gasteiger partial charge < -0.3 is 10.2 Å². The lowest BCUT2D eigenvalue weighted by atomic mass is 10.1. The smallest absolute Gasteiger partial charge is 0.146 e. The van der Waals surface area contributed by atoms with Gasteiger partial charge in [0.25, 0.3) is 0 Å². The molecule has 0 spiro atoms. The predicted octanol–water partition coefficient (Wildman–Crippen LogP) is 2.78. The van der Waals surface area contributed by atoms with Crippen molar-refractivity contribution in [2.45, 2.75) is 38.8 Å². The van der Waals surface area contributed by atoms with Gasteiger partial charge in [-0.15, -0.1) is 0 Å². The molecule has 0 radical (unpaired) electrons. The topological polar surface area (TPSA) is 18.5 Å². The van der Waals surface area contributed by atoms with Crippen LogP contribution in [-0.2, 0) is 0 Å². The highest BCUT2D eigenvalue weighted by Gasteiger charge is 2.31. The zero-order chi connectivity index (χ0) is 14.8. The number of benzene rings is 1. The van der Waals surface area contributed by atoms with Gasteiger partial charge in [0.1, 0.15) is 5.82 Å². The third-order valence-corrected chi connectivity index (χ3v) is 4.91. The Hall–Kier alpha value is -1.13. The molecule has 2 aliphatic rings. The molecule has 2 atom stereocenters. The van der Waals surface area contributed by atoms with E-state index in [1.54, 1.807) is 6.07 Å². The lowest BCUT2D eigenvalue weighted by Gasteiger charge is -2.39. The molecule has 4 heteroatoms. The molecule has 0 saturated carbocycles. The van der Waals surface area contributed by atoms with Crippen LogP contribution in [0, 0.1) is 5.82 Å². The largest absolute Gasteiger partial charge is 0.366 e. The van der Waals surface area contributed by atoms with Crippen molar-refractivity contribution in [2.75, 3.05) is 37.6 Å². The van der Waals surface area contributed by atoms with Crippen LogP contribution in [0.5, 0.6) is 0 Å². The Balaban J connectivity index is 1.73. The molecule has 2 unspecified atom stereocenters. The standard InChI is InChI=1S/C17H26FN3/c1-3-19-13(2)14-6-7-17(16(18)11-14)21-10-9-20-8-4-5-15(20)12-21/h6-7,11,13,15,19H,3-5,8-10,12H2,1-2H3. The fourth-order valence-corrected chi connectivity index (χ4v) is 3.68. The first-order chi connectivity index (χ1) is 10.2. The van der Waals surface area contributed by atoms with Crippen LogP contribution in [0.4, 0.5) is 10.1 Å². The first-order valence-electron chi connectivity index (χ1n) is 8.21. The molecule has 1 aromatic carbocycles. The van der Waals surface area contributed by atoms with Crippen LogP contribution < -0.4 is 10.2 Å². The second-order valence-electron chi connectivity index (χ2n) is 6.27. The van der Waals surface area contributed by atoms with Gasteiger partial charge >= 0.3 is 0 Å². The van der Waals surface area contributed by atoms with Crippen molar-refractivity contribution in [3.05, 3.63) is 29.6 Å². The minimum absolute atomic E-state index is 0.0799. The first-order valence-corrected chi connectivity index (χ1v) is 8.21. The molecule has 1 N–H and O–H groups in total. The monoisotopic (exact) mass is 291 g/mol. The molecule has 116 valence electrons.